The van der Waals surface area contributed by atoms with E-state index in [1.54, 1.807) is 0 Å². The zero-order chi connectivity index (χ0) is 11.4. The van der Waals surface area contributed by atoms with Crippen LogP contribution in [0, 0.1) is 3.57 Å². The maximum Gasteiger partial charge on any atom is 0.0443 e. The Hall–Kier alpha value is -0.130. The second kappa shape index (κ2) is 5.98. The molecule has 0 aromatic heterocycles. The number of halogens is 1. The lowest BCUT2D eigenvalue weighted by Crippen LogP contribution is -2.25. The van der Waals surface area contributed by atoms with E-state index >= 15 is 0 Å². The molecule has 0 unspecified atom stereocenters. The molecule has 1 aliphatic rings. The van der Waals surface area contributed by atoms with Crippen molar-refractivity contribution in [2.75, 3.05) is 19.7 Å². The van der Waals surface area contributed by atoms with Gasteiger partial charge in [0.25, 0.3) is 0 Å². The van der Waals surface area contributed by atoms with Gasteiger partial charge in [0, 0.05) is 22.8 Å². The number of aliphatic hydroxyl groups is 1. The van der Waals surface area contributed by atoms with Crippen molar-refractivity contribution in [2.45, 2.75) is 25.3 Å². The molecule has 3 heteroatoms. The molecule has 2 nitrogen and oxygen atoms in total. The van der Waals surface area contributed by atoms with Gasteiger partial charge in [-0.05, 0) is 60.0 Å². The summed E-state index contributed by atoms with van der Waals surface area (Å²) in [6, 6.07) is 9.21. The molecule has 88 valence electrons. The quantitative estimate of drug-likeness (QED) is 0.858. The number of hydrogen-bond donors (Lipinski definition) is 1. The average Bonchev–Trinajstić information content (AvgIpc) is 2.75. The molecule has 2 rings (SSSR count). The van der Waals surface area contributed by atoms with Gasteiger partial charge in [0.1, 0.15) is 0 Å². The summed E-state index contributed by atoms with van der Waals surface area (Å²) in [5, 5.41) is 8.91. The fourth-order valence-electron chi connectivity index (χ4n) is 2.47. The SMILES string of the molecule is OCCCN1CCC[C@@H]1c1ccccc1I. The molecule has 0 radical (unpaired) electrons. The van der Waals surface area contributed by atoms with Crippen molar-refractivity contribution in [3.8, 4) is 0 Å². The second-order valence-corrected chi connectivity index (χ2v) is 5.45. The minimum atomic E-state index is 0.301. The first-order valence-electron chi connectivity index (χ1n) is 5.92. The highest BCUT2D eigenvalue weighted by molar-refractivity contribution is 14.1. The fraction of sp³-hybridized carbons (Fsp3) is 0.538. The lowest BCUT2D eigenvalue weighted by molar-refractivity contribution is 0.213. The van der Waals surface area contributed by atoms with Crippen LogP contribution in [0.5, 0.6) is 0 Å². The van der Waals surface area contributed by atoms with E-state index in [4.69, 9.17) is 5.11 Å². The molecule has 1 atom stereocenters. The molecule has 16 heavy (non-hydrogen) atoms. The third-order valence-electron chi connectivity index (χ3n) is 3.23. The van der Waals surface area contributed by atoms with Gasteiger partial charge in [-0.3, -0.25) is 4.90 Å². The Morgan fingerprint density at radius 3 is 2.94 bits per heavy atom. The van der Waals surface area contributed by atoms with Crippen molar-refractivity contribution < 1.29 is 5.11 Å². The molecule has 1 aromatic rings. The number of hydrogen-bond acceptors (Lipinski definition) is 2. The first kappa shape index (κ1) is 12.3. The van der Waals surface area contributed by atoms with Crippen LogP contribution in [0.25, 0.3) is 0 Å². The van der Waals surface area contributed by atoms with Gasteiger partial charge in [-0.1, -0.05) is 18.2 Å². The number of nitrogens with zero attached hydrogens (tertiary/aromatic N) is 1. The van der Waals surface area contributed by atoms with E-state index in [0.29, 0.717) is 12.6 Å². The van der Waals surface area contributed by atoms with Crippen molar-refractivity contribution in [1.29, 1.82) is 0 Å². The van der Waals surface area contributed by atoms with Crippen LogP contribution in [0.3, 0.4) is 0 Å². The second-order valence-electron chi connectivity index (χ2n) is 4.29. The maximum atomic E-state index is 8.91. The molecular formula is C13H18INO. The summed E-state index contributed by atoms with van der Waals surface area (Å²) in [5.74, 6) is 0. The van der Waals surface area contributed by atoms with Crippen molar-refractivity contribution in [3.05, 3.63) is 33.4 Å². The third-order valence-corrected chi connectivity index (χ3v) is 4.21. The standard InChI is InChI=1S/C13H18INO/c14-12-6-2-1-5-11(12)13-7-3-8-15(13)9-4-10-16/h1-2,5-6,13,16H,3-4,7-10H2/t13-/m1/s1. The monoisotopic (exact) mass is 331 g/mol. The zero-order valence-corrected chi connectivity index (χ0v) is 11.6. The summed E-state index contributed by atoms with van der Waals surface area (Å²) in [5.41, 5.74) is 1.46. The summed E-state index contributed by atoms with van der Waals surface area (Å²) in [6.45, 7) is 2.50. The van der Waals surface area contributed by atoms with Crippen molar-refractivity contribution in [2.24, 2.45) is 0 Å². The Kier molecular flexibility index (Phi) is 4.61. The summed E-state index contributed by atoms with van der Waals surface area (Å²) in [7, 11) is 0. The molecule has 1 saturated heterocycles. The predicted molar refractivity (Wildman–Crippen MR) is 74.4 cm³/mol. The normalized spacial score (nSPS) is 21.5. The van der Waals surface area contributed by atoms with Gasteiger partial charge in [-0.2, -0.15) is 0 Å². The maximum absolute atomic E-state index is 8.91. The Balaban J connectivity index is 2.10. The molecule has 0 bridgehead atoms. The van der Waals surface area contributed by atoms with Crippen molar-refractivity contribution in [3.63, 3.8) is 0 Å². The summed E-state index contributed by atoms with van der Waals surface area (Å²) < 4.78 is 1.36. The van der Waals surface area contributed by atoms with E-state index in [-0.39, 0.29) is 0 Å². The Bertz CT molecular complexity index is 342. The molecule has 0 amide bonds. The van der Waals surface area contributed by atoms with Gasteiger partial charge in [0.15, 0.2) is 0 Å². The lowest BCUT2D eigenvalue weighted by atomic mass is 10.0. The van der Waals surface area contributed by atoms with Gasteiger partial charge in [0.05, 0.1) is 0 Å². The Morgan fingerprint density at radius 1 is 1.38 bits per heavy atom. The molecule has 1 N–H and O–H groups in total. The third kappa shape index (κ3) is 2.76. The van der Waals surface area contributed by atoms with Crippen LogP contribution < -0.4 is 0 Å². The number of likely N-dealkylation sites (tertiary alicyclic amines) is 1. The minimum absolute atomic E-state index is 0.301. The van der Waals surface area contributed by atoms with Crippen LogP contribution in [-0.2, 0) is 0 Å². The molecule has 1 heterocycles. The molecule has 1 fully saturated rings. The van der Waals surface area contributed by atoms with Gasteiger partial charge >= 0.3 is 0 Å². The van der Waals surface area contributed by atoms with Crippen LogP contribution in [0.4, 0.5) is 0 Å². The molecule has 1 aromatic carbocycles. The molecule has 0 aliphatic carbocycles. The minimum Gasteiger partial charge on any atom is -0.396 e. The lowest BCUT2D eigenvalue weighted by Gasteiger charge is -2.25. The first-order valence-corrected chi connectivity index (χ1v) is 7.00. The van der Waals surface area contributed by atoms with Gasteiger partial charge in [0.2, 0.25) is 0 Å². The zero-order valence-electron chi connectivity index (χ0n) is 9.40. The van der Waals surface area contributed by atoms with E-state index in [2.05, 4.69) is 51.8 Å². The summed E-state index contributed by atoms with van der Waals surface area (Å²) in [4.78, 5) is 2.51. The van der Waals surface area contributed by atoms with Gasteiger partial charge in [-0.25, -0.2) is 0 Å². The molecule has 0 spiro atoms. The van der Waals surface area contributed by atoms with Crippen LogP contribution in [-0.4, -0.2) is 29.7 Å². The summed E-state index contributed by atoms with van der Waals surface area (Å²) >= 11 is 2.42. The number of rotatable bonds is 4. The molecule has 0 saturated carbocycles. The predicted octanol–water partition coefficient (Wildman–Crippen LogP) is 2.81. The highest BCUT2D eigenvalue weighted by Gasteiger charge is 2.26. The highest BCUT2D eigenvalue weighted by atomic mass is 127. The van der Waals surface area contributed by atoms with E-state index in [9.17, 15) is 0 Å². The van der Waals surface area contributed by atoms with Gasteiger partial charge < -0.3 is 5.11 Å². The number of benzene rings is 1. The van der Waals surface area contributed by atoms with E-state index in [1.165, 1.54) is 28.5 Å². The Morgan fingerprint density at radius 2 is 2.19 bits per heavy atom. The first-order chi connectivity index (χ1) is 7.83. The van der Waals surface area contributed by atoms with Gasteiger partial charge in [-0.15, -0.1) is 0 Å². The average molecular weight is 331 g/mol. The fourth-order valence-corrected chi connectivity index (χ4v) is 3.21. The van der Waals surface area contributed by atoms with Crippen LogP contribution in [0.15, 0.2) is 24.3 Å². The van der Waals surface area contributed by atoms with E-state index in [1.807, 2.05) is 0 Å². The topological polar surface area (TPSA) is 23.5 Å². The highest BCUT2D eigenvalue weighted by Crippen LogP contribution is 2.34. The summed E-state index contributed by atoms with van der Waals surface area (Å²) in [6.07, 6.45) is 3.42. The largest absolute Gasteiger partial charge is 0.396 e. The van der Waals surface area contributed by atoms with Crippen molar-refractivity contribution in [1.82, 2.24) is 4.90 Å². The van der Waals surface area contributed by atoms with Crippen molar-refractivity contribution >= 4 is 22.6 Å². The van der Waals surface area contributed by atoms with E-state index in [0.717, 1.165) is 13.0 Å². The number of aliphatic hydroxyl groups excluding tert-OH is 1. The van der Waals surface area contributed by atoms with Crippen LogP contribution in [0.2, 0.25) is 0 Å². The Labute approximate surface area is 111 Å². The van der Waals surface area contributed by atoms with Crippen LogP contribution >= 0.6 is 22.6 Å². The molecule has 1 aliphatic heterocycles. The molecular weight excluding hydrogens is 313 g/mol. The van der Waals surface area contributed by atoms with Crippen LogP contribution in [0.1, 0.15) is 30.9 Å². The smallest absolute Gasteiger partial charge is 0.0443 e. The van der Waals surface area contributed by atoms with E-state index < -0.39 is 0 Å².